The summed E-state index contributed by atoms with van der Waals surface area (Å²) in [6.07, 6.45) is 1.85. The van der Waals surface area contributed by atoms with Crippen LogP contribution in [0.25, 0.3) is 0 Å². The first kappa shape index (κ1) is 11.5. The minimum Gasteiger partial charge on any atom is -0.354 e. The topological polar surface area (TPSA) is 28.2 Å². The summed E-state index contributed by atoms with van der Waals surface area (Å²) < 4.78 is 0. The molecule has 1 aliphatic heterocycles. The van der Waals surface area contributed by atoms with E-state index in [1.807, 2.05) is 18.3 Å². The van der Waals surface area contributed by atoms with Gasteiger partial charge in [0.1, 0.15) is 5.82 Å². The molecule has 1 aromatic heterocycles. The number of anilines is 1. The van der Waals surface area contributed by atoms with Gasteiger partial charge in [-0.05, 0) is 19.1 Å². The molecule has 0 unspecified atom stereocenters. The lowest BCUT2D eigenvalue weighted by atomic mass is 10.2. The van der Waals surface area contributed by atoms with E-state index < -0.39 is 0 Å². The molecule has 1 saturated heterocycles. The van der Waals surface area contributed by atoms with Crippen LogP contribution in [0.5, 0.6) is 0 Å². The molecule has 0 saturated carbocycles. The summed E-state index contributed by atoms with van der Waals surface area (Å²) in [7, 11) is 0. The van der Waals surface area contributed by atoms with Gasteiger partial charge in [-0.25, -0.2) is 4.98 Å². The second-order valence-electron chi connectivity index (χ2n) is 3.49. The van der Waals surface area contributed by atoms with Crippen LogP contribution >= 0.6 is 17.0 Å². The van der Waals surface area contributed by atoms with Crippen molar-refractivity contribution in [2.24, 2.45) is 0 Å². The number of piperazine rings is 1. The summed E-state index contributed by atoms with van der Waals surface area (Å²) in [5.74, 6) is 1.09. The molecule has 1 atom stereocenters. The Morgan fingerprint density at radius 1 is 1.50 bits per heavy atom. The summed E-state index contributed by atoms with van der Waals surface area (Å²) in [5, 5.41) is 3.41. The van der Waals surface area contributed by atoms with Gasteiger partial charge >= 0.3 is 0 Å². The molecule has 2 rings (SSSR count). The molecule has 14 heavy (non-hydrogen) atoms. The van der Waals surface area contributed by atoms with E-state index in [-0.39, 0.29) is 17.0 Å². The highest BCUT2D eigenvalue weighted by Gasteiger charge is 2.15. The molecule has 0 spiro atoms. The van der Waals surface area contributed by atoms with Crippen LogP contribution in [-0.4, -0.2) is 30.7 Å². The highest BCUT2D eigenvalue weighted by molar-refractivity contribution is 8.93. The van der Waals surface area contributed by atoms with Crippen LogP contribution in [0.2, 0.25) is 0 Å². The summed E-state index contributed by atoms with van der Waals surface area (Å²) in [6.45, 7) is 5.37. The highest BCUT2D eigenvalue weighted by Crippen LogP contribution is 2.10. The lowest BCUT2D eigenvalue weighted by Crippen LogP contribution is -2.49. The first-order valence-electron chi connectivity index (χ1n) is 4.75. The molecule has 1 N–H and O–H groups in total. The molecule has 0 aromatic carbocycles. The van der Waals surface area contributed by atoms with Crippen LogP contribution in [0.15, 0.2) is 24.4 Å². The normalized spacial score (nSPS) is 21.5. The Hall–Kier alpha value is -0.610. The predicted octanol–water partition coefficient (Wildman–Crippen LogP) is 1.46. The highest BCUT2D eigenvalue weighted by atomic mass is 79.9. The first-order chi connectivity index (χ1) is 6.36. The van der Waals surface area contributed by atoms with Gasteiger partial charge < -0.3 is 10.2 Å². The van der Waals surface area contributed by atoms with Gasteiger partial charge in [-0.3, -0.25) is 0 Å². The average Bonchev–Trinajstić information content (AvgIpc) is 2.19. The lowest BCUT2D eigenvalue weighted by Gasteiger charge is -2.32. The predicted molar refractivity (Wildman–Crippen MR) is 64.2 cm³/mol. The van der Waals surface area contributed by atoms with Crippen molar-refractivity contribution in [3.63, 3.8) is 0 Å². The Bertz CT molecular complexity index is 265. The number of rotatable bonds is 1. The maximum absolute atomic E-state index is 4.34. The largest absolute Gasteiger partial charge is 0.354 e. The van der Waals surface area contributed by atoms with Gasteiger partial charge in [0.25, 0.3) is 0 Å². The van der Waals surface area contributed by atoms with E-state index >= 15 is 0 Å². The van der Waals surface area contributed by atoms with Gasteiger partial charge in [-0.15, -0.1) is 17.0 Å². The maximum atomic E-state index is 4.34. The molecule has 1 fully saturated rings. The van der Waals surface area contributed by atoms with E-state index in [1.165, 1.54) is 0 Å². The molecule has 0 bridgehead atoms. The van der Waals surface area contributed by atoms with Crippen molar-refractivity contribution in [1.29, 1.82) is 0 Å². The summed E-state index contributed by atoms with van der Waals surface area (Å²) in [4.78, 5) is 6.66. The number of hydrogen-bond donors (Lipinski definition) is 1. The molecular formula is C10H16BrN3. The standard InChI is InChI=1S/C10H15N3.BrH/c1-9-8-13(7-6-11-9)10-4-2-3-5-12-10;/h2-5,9,11H,6-8H2,1H3;1H/t9-;/m1./s1. The second-order valence-corrected chi connectivity index (χ2v) is 3.49. The van der Waals surface area contributed by atoms with Crippen molar-refractivity contribution in [3.8, 4) is 0 Å². The molecule has 3 nitrogen and oxygen atoms in total. The van der Waals surface area contributed by atoms with Crippen molar-refractivity contribution in [1.82, 2.24) is 10.3 Å². The molecule has 1 aromatic rings. The van der Waals surface area contributed by atoms with Crippen molar-refractivity contribution in [2.75, 3.05) is 24.5 Å². The zero-order valence-corrected chi connectivity index (χ0v) is 10.0. The summed E-state index contributed by atoms with van der Waals surface area (Å²) >= 11 is 0. The molecule has 0 aliphatic carbocycles. The third-order valence-electron chi connectivity index (χ3n) is 2.34. The molecule has 4 heteroatoms. The fraction of sp³-hybridized carbons (Fsp3) is 0.500. The van der Waals surface area contributed by atoms with E-state index in [4.69, 9.17) is 0 Å². The minimum absolute atomic E-state index is 0. The number of aromatic nitrogens is 1. The van der Waals surface area contributed by atoms with Crippen LogP contribution in [0.1, 0.15) is 6.92 Å². The first-order valence-corrected chi connectivity index (χ1v) is 4.75. The number of hydrogen-bond acceptors (Lipinski definition) is 3. The lowest BCUT2D eigenvalue weighted by molar-refractivity contribution is 0.482. The third-order valence-corrected chi connectivity index (χ3v) is 2.34. The Morgan fingerprint density at radius 3 is 3.00 bits per heavy atom. The average molecular weight is 258 g/mol. The quantitative estimate of drug-likeness (QED) is 0.826. The Morgan fingerprint density at radius 2 is 2.36 bits per heavy atom. The van der Waals surface area contributed by atoms with Crippen LogP contribution in [0, 0.1) is 0 Å². The molecular weight excluding hydrogens is 242 g/mol. The van der Waals surface area contributed by atoms with Gasteiger partial charge in [0.15, 0.2) is 0 Å². The number of nitrogens with one attached hydrogen (secondary N) is 1. The molecule has 2 heterocycles. The van der Waals surface area contributed by atoms with Crippen molar-refractivity contribution in [3.05, 3.63) is 24.4 Å². The van der Waals surface area contributed by atoms with Crippen molar-refractivity contribution < 1.29 is 0 Å². The zero-order valence-electron chi connectivity index (χ0n) is 8.31. The number of halogens is 1. The fourth-order valence-corrected chi connectivity index (χ4v) is 1.68. The van der Waals surface area contributed by atoms with E-state index in [0.29, 0.717) is 6.04 Å². The Labute approximate surface area is 95.3 Å². The van der Waals surface area contributed by atoms with Gasteiger partial charge in [-0.2, -0.15) is 0 Å². The van der Waals surface area contributed by atoms with Gasteiger partial charge in [0.05, 0.1) is 0 Å². The third kappa shape index (κ3) is 2.69. The van der Waals surface area contributed by atoms with E-state index in [1.54, 1.807) is 0 Å². The van der Waals surface area contributed by atoms with Gasteiger partial charge in [0, 0.05) is 31.9 Å². The van der Waals surface area contributed by atoms with Crippen molar-refractivity contribution >= 4 is 22.8 Å². The smallest absolute Gasteiger partial charge is 0.128 e. The monoisotopic (exact) mass is 257 g/mol. The van der Waals surface area contributed by atoms with Crippen LogP contribution in [0.3, 0.4) is 0 Å². The second kappa shape index (κ2) is 5.32. The molecule has 0 amide bonds. The van der Waals surface area contributed by atoms with Crippen LogP contribution < -0.4 is 10.2 Å². The molecule has 1 aliphatic rings. The molecule has 78 valence electrons. The van der Waals surface area contributed by atoms with Gasteiger partial charge in [0.2, 0.25) is 0 Å². The van der Waals surface area contributed by atoms with Crippen molar-refractivity contribution in [2.45, 2.75) is 13.0 Å². The van der Waals surface area contributed by atoms with E-state index in [9.17, 15) is 0 Å². The maximum Gasteiger partial charge on any atom is 0.128 e. The number of pyridine rings is 1. The minimum atomic E-state index is 0. The fourth-order valence-electron chi connectivity index (χ4n) is 1.68. The molecule has 0 radical (unpaired) electrons. The van der Waals surface area contributed by atoms with Crippen LogP contribution in [-0.2, 0) is 0 Å². The van der Waals surface area contributed by atoms with Crippen LogP contribution in [0.4, 0.5) is 5.82 Å². The zero-order chi connectivity index (χ0) is 9.10. The summed E-state index contributed by atoms with van der Waals surface area (Å²) in [5.41, 5.74) is 0. The SMILES string of the molecule is Br.C[C@@H]1CN(c2ccccn2)CCN1. The Kier molecular flexibility index (Phi) is 4.35. The van der Waals surface area contributed by atoms with Gasteiger partial charge in [-0.1, -0.05) is 6.07 Å². The Balaban J connectivity index is 0.000000980. The van der Waals surface area contributed by atoms with E-state index in [0.717, 1.165) is 25.5 Å². The number of nitrogens with zero attached hydrogens (tertiary/aromatic N) is 2. The van der Waals surface area contributed by atoms with E-state index in [2.05, 4.69) is 28.2 Å². The summed E-state index contributed by atoms with van der Waals surface area (Å²) in [6, 6.07) is 6.62.